The lowest BCUT2D eigenvalue weighted by Gasteiger charge is -2.33. The number of benzene rings is 2. The fourth-order valence-corrected chi connectivity index (χ4v) is 3.25. The van der Waals surface area contributed by atoms with Gasteiger partial charge >= 0.3 is 0 Å². The first-order valence-electron chi connectivity index (χ1n) is 7.06. The molecule has 2 aromatic carbocycles. The maximum atomic E-state index is 13.3. The van der Waals surface area contributed by atoms with Crippen molar-refractivity contribution < 1.29 is 8.78 Å². The summed E-state index contributed by atoms with van der Waals surface area (Å²) in [6, 6.07) is 11.5. The quantitative estimate of drug-likeness (QED) is 0.862. The van der Waals surface area contributed by atoms with Gasteiger partial charge in [-0.25, -0.2) is 8.78 Å². The third kappa shape index (κ3) is 3.09. The van der Waals surface area contributed by atoms with Crippen LogP contribution in [0.2, 0.25) is 5.02 Å². The van der Waals surface area contributed by atoms with Crippen LogP contribution in [-0.4, -0.2) is 13.1 Å². The molecule has 2 unspecified atom stereocenters. The van der Waals surface area contributed by atoms with E-state index in [9.17, 15) is 8.78 Å². The summed E-state index contributed by atoms with van der Waals surface area (Å²) in [4.78, 5) is 0. The average Bonchev–Trinajstić information content (AvgIpc) is 2.51. The Morgan fingerprint density at radius 2 is 1.67 bits per heavy atom. The summed E-state index contributed by atoms with van der Waals surface area (Å²) in [7, 11) is 0. The van der Waals surface area contributed by atoms with Crippen molar-refractivity contribution in [1.82, 2.24) is 5.32 Å². The lowest BCUT2D eigenvalue weighted by molar-refractivity contribution is 0.403. The van der Waals surface area contributed by atoms with Crippen molar-refractivity contribution >= 4 is 11.6 Å². The monoisotopic (exact) mass is 307 g/mol. The molecule has 21 heavy (non-hydrogen) atoms. The summed E-state index contributed by atoms with van der Waals surface area (Å²) >= 11 is 5.91. The first-order valence-corrected chi connectivity index (χ1v) is 7.44. The minimum Gasteiger partial charge on any atom is -0.316 e. The van der Waals surface area contributed by atoms with Gasteiger partial charge in [-0.2, -0.15) is 0 Å². The minimum absolute atomic E-state index is 0.156. The summed E-state index contributed by atoms with van der Waals surface area (Å²) in [6.07, 6.45) is 0.948. The Labute approximate surface area is 127 Å². The van der Waals surface area contributed by atoms with Crippen molar-refractivity contribution in [3.63, 3.8) is 0 Å². The van der Waals surface area contributed by atoms with Crippen LogP contribution in [0, 0.1) is 11.6 Å². The van der Waals surface area contributed by atoms with Gasteiger partial charge in [0.25, 0.3) is 0 Å². The van der Waals surface area contributed by atoms with Crippen LogP contribution in [-0.2, 0) is 0 Å². The highest BCUT2D eigenvalue weighted by Gasteiger charge is 2.28. The Hall–Kier alpha value is -1.45. The summed E-state index contributed by atoms with van der Waals surface area (Å²) in [5, 5.41) is 3.53. The molecule has 0 amide bonds. The highest BCUT2D eigenvalue weighted by atomic mass is 35.5. The molecule has 1 fully saturated rings. The second-order valence-electron chi connectivity index (χ2n) is 5.43. The van der Waals surface area contributed by atoms with Gasteiger partial charge in [-0.05, 0) is 54.3 Å². The van der Waals surface area contributed by atoms with E-state index in [1.54, 1.807) is 12.1 Å². The average molecular weight is 308 g/mol. The molecule has 0 saturated carbocycles. The van der Waals surface area contributed by atoms with Crippen LogP contribution < -0.4 is 5.32 Å². The molecule has 110 valence electrons. The zero-order valence-corrected chi connectivity index (χ0v) is 12.2. The normalized spacial score (nSPS) is 22.2. The Balaban J connectivity index is 1.94. The zero-order valence-electron chi connectivity index (χ0n) is 11.5. The van der Waals surface area contributed by atoms with E-state index in [-0.39, 0.29) is 22.7 Å². The van der Waals surface area contributed by atoms with E-state index >= 15 is 0 Å². The Kier molecular flexibility index (Phi) is 4.22. The van der Waals surface area contributed by atoms with Gasteiger partial charge in [0.2, 0.25) is 0 Å². The van der Waals surface area contributed by atoms with Crippen LogP contribution in [0.1, 0.15) is 29.4 Å². The van der Waals surface area contributed by atoms with Crippen LogP contribution in [0.3, 0.4) is 0 Å². The number of halogens is 3. The van der Waals surface area contributed by atoms with Gasteiger partial charge in [0.1, 0.15) is 11.6 Å². The van der Waals surface area contributed by atoms with E-state index in [1.807, 2.05) is 12.1 Å². The van der Waals surface area contributed by atoms with E-state index < -0.39 is 5.82 Å². The third-order valence-electron chi connectivity index (χ3n) is 4.15. The van der Waals surface area contributed by atoms with E-state index in [0.29, 0.717) is 0 Å². The molecular formula is C17H16ClF2N. The van der Waals surface area contributed by atoms with Crippen molar-refractivity contribution in [1.29, 1.82) is 0 Å². The molecule has 0 spiro atoms. The van der Waals surface area contributed by atoms with Crippen molar-refractivity contribution in [2.45, 2.75) is 18.3 Å². The van der Waals surface area contributed by atoms with E-state index in [2.05, 4.69) is 5.32 Å². The molecule has 1 N–H and O–H groups in total. The summed E-state index contributed by atoms with van der Waals surface area (Å²) in [6.45, 7) is 1.74. The number of nitrogens with one attached hydrogen (secondary N) is 1. The largest absolute Gasteiger partial charge is 0.316 e. The molecule has 1 nitrogen and oxygen atoms in total. The van der Waals surface area contributed by atoms with E-state index in [1.165, 1.54) is 18.2 Å². The van der Waals surface area contributed by atoms with Crippen LogP contribution >= 0.6 is 11.6 Å². The van der Waals surface area contributed by atoms with Gasteiger partial charge in [-0.15, -0.1) is 0 Å². The van der Waals surface area contributed by atoms with Gasteiger partial charge in [0.05, 0.1) is 5.02 Å². The second-order valence-corrected chi connectivity index (χ2v) is 5.84. The fraction of sp³-hybridized carbons (Fsp3) is 0.294. The Morgan fingerprint density at radius 3 is 2.38 bits per heavy atom. The zero-order chi connectivity index (χ0) is 14.8. The van der Waals surface area contributed by atoms with Gasteiger partial charge < -0.3 is 5.32 Å². The highest BCUT2D eigenvalue weighted by molar-refractivity contribution is 6.30. The number of hydrogen-bond donors (Lipinski definition) is 1. The fourth-order valence-electron chi connectivity index (χ4n) is 3.06. The van der Waals surface area contributed by atoms with Crippen LogP contribution in [0.15, 0.2) is 42.5 Å². The number of rotatable bonds is 2. The minimum atomic E-state index is -0.396. The highest BCUT2D eigenvalue weighted by Crippen LogP contribution is 2.38. The third-order valence-corrected chi connectivity index (χ3v) is 4.44. The summed E-state index contributed by atoms with van der Waals surface area (Å²) < 4.78 is 26.4. The molecule has 1 heterocycles. The van der Waals surface area contributed by atoms with Gasteiger partial charge in [0.15, 0.2) is 0 Å². The molecule has 4 heteroatoms. The van der Waals surface area contributed by atoms with Crippen LogP contribution in [0.5, 0.6) is 0 Å². The number of piperidine rings is 1. The van der Waals surface area contributed by atoms with Crippen LogP contribution in [0.4, 0.5) is 8.78 Å². The molecule has 0 aliphatic carbocycles. The maximum Gasteiger partial charge on any atom is 0.141 e. The van der Waals surface area contributed by atoms with E-state index in [0.717, 1.165) is 30.6 Å². The molecule has 1 saturated heterocycles. The molecule has 1 aliphatic rings. The Morgan fingerprint density at radius 1 is 0.952 bits per heavy atom. The lowest BCUT2D eigenvalue weighted by Crippen LogP contribution is -2.34. The topological polar surface area (TPSA) is 12.0 Å². The molecule has 3 rings (SSSR count). The molecular weight excluding hydrogens is 292 g/mol. The Bertz CT molecular complexity index is 627. The SMILES string of the molecule is Fc1ccc(C2CNCCC2c2ccc(F)c(Cl)c2)cc1. The van der Waals surface area contributed by atoms with Crippen molar-refractivity contribution in [2.75, 3.05) is 13.1 Å². The predicted molar refractivity (Wildman–Crippen MR) is 80.8 cm³/mol. The predicted octanol–water partition coefficient (Wildman–Crippen LogP) is 4.48. The summed E-state index contributed by atoms with van der Waals surface area (Å²) in [5.74, 6) is -0.132. The number of hydrogen-bond acceptors (Lipinski definition) is 1. The maximum absolute atomic E-state index is 13.3. The summed E-state index contributed by atoms with van der Waals surface area (Å²) in [5.41, 5.74) is 2.13. The molecule has 2 aromatic rings. The van der Waals surface area contributed by atoms with Crippen LogP contribution in [0.25, 0.3) is 0 Å². The molecule has 1 aliphatic heterocycles. The van der Waals surface area contributed by atoms with Crippen molar-refractivity contribution in [3.05, 3.63) is 70.2 Å². The first-order chi connectivity index (χ1) is 10.1. The second kappa shape index (κ2) is 6.12. The molecule has 0 radical (unpaired) electrons. The molecule has 0 aromatic heterocycles. The lowest BCUT2D eigenvalue weighted by atomic mass is 9.77. The van der Waals surface area contributed by atoms with Gasteiger partial charge in [-0.1, -0.05) is 29.8 Å². The molecule has 2 atom stereocenters. The van der Waals surface area contributed by atoms with Crippen molar-refractivity contribution in [2.24, 2.45) is 0 Å². The standard InChI is InChI=1S/C17H16ClF2N/c18-16-9-12(3-6-17(16)20)14-7-8-21-10-15(14)11-1-4-13(19)5-2-11/h1-6,9,14-15,21H,7-8,10H2. The van der Waals surface area contributed by atoms with Crippen molar-refractivity contribution in [3.8, 4) is 0 Å². The van der Waals surface area contributed by atoms with Gasteiger partial charge in [-0.3, -0.25) is 0 Å². The van der Waals surface area contributed by atoms with Gasteiger partial charge in [0, 0.05) is 12.5 Å². The van der Waals surface area contributed by atoms with E-state index in [4.69, 9.17) is 11.6 Å². The first kappa shape index (κ1) is 14.5. The smallest absolute Gasteiger partial charge is 0.141 e. The molecule has 0 bridgehead atoms.